The second-order valence-corrected chi connectivity index (χ2v) is 4.98. The Labute approximate surface area is 127 Å². The van der Waals surface area contributed by atoms with E-state index in [9.17, 15) is 4.79 Å². The molecule has 1 aliphatic heterocycles. The summed E-state index contributed by atoms with van der Waals surface area (Å²) in [6, 6.07) is 12.6. The summed E-state index contributed by atoms with van der Waals surface area (Å²) in [7, 11) is 0. The molecule has 0 N–H and O–H groups in total. The summed E-state index contributed by atoms with van der Waals surface area (Å²) in [5, 5.41) is 0.615. The van der Waals surface area contributed by atoms with Crippen molar-refractivity contribution < 1.29 is 14.3 Å². The third kappa shape index (κ3) is 3.09. The van der Waals surface area contributed by atoms with Crippen molar-refractivity contribution in [3.05, 3.63) is 64.7 Å². The lowest BCUT2D eigenvalue weighted by Crippen LogP contribution is -2.15. The summed E-state index contributed by atoms with van der Waals surface area (Å²) in [5.74, 6) is 1.18. The maximum Gasteiger partial charge on any atom is 0.185 e. The van der Waals surface area contributed by atoms with Crippen LogP contribution in [0.5, 0.6) is 11.5 Å². The summed E-state index contributed by atoms with van der Waals surface area (Å²) in [6.45, 7) is 1.03. The maximum atomic E-state index is 12.2. The van der Waals surface area contributed by atoms with Crippen molar-refractivity contribution in [3.63, 3.8) is 0 Å². The zero-order valence-corrected chi connectivity index (χ0v) is 12.0. The van der Waals surface area contributed by atoms with Gasteiger partial charge in [-0.05, 0) is 42.0 Å². The Bertz CT molecular complexity index is 707. The fourth-order valence-electron chi connectivity index (χ4n) is 2.07. The number of ketones is 1. The van der Waals surface area contributed by atoms with Crippen molar-refractivity contribution in [2.24, 2.45) is 0 Å². The standard InChI is InChI=1S/C17H13ClO3/c18-14-4-2-1-3-12(14)5-7-15(19)13-6-8-16-17(11-13)21-10-9-20-16/h1-8,11H,9-10H2. The average molecular weight is 301 g/mol. The van der Waals surface area contributed by atoms with Gasteiger partial charge in [-0.1, -0.05) is 29.8 Å². The van der Waals surface area contributed by atoms with Gasteiger partial charge in [0.05, 0.1) is 0 Å². The highest BCUT2D eigenvalue weighted by Crippen LogP contribution is 2.31. The minimum atomic E-state index is -0.105. The Morgan fingerprint density at radius 2 is 1.81 bits per heavy atom. The summed E-state index contributed by atoms with van der Waals surface area (Å²) >= 11 is 6.05. The quantitative estimate of drug-likeness (QED) is 0.635. The Morgan fingerprint density at radius 1 is 1.05 bits per heavy atom. The Kier molecular flexibility index (Phi) is 3.93. The molecule has 21 heavy (non-hydrogen) atoms. The first-order valence-electron chi connectivity index (χ1n) is 6.60. The molecular weight excluding hydrogens is 288 g/mol. The van der Waals surface area contributed by atoms with Crippen LogP contribution in [0, 0.1) is 0 Å². The van der Waals surface area contributed by atoms with Gasteiger partial charge in [0.15, 0.2) is 17.3 Å². The third-order valence-corrected chi connectivity index (χ3v) is 3.49. The zero-order chi connectivity index (χ0) is 14.7. The van der Waals surface area contributed by atoms with E-state index in [-0.39, 0.29) is 5.78 Å². The number of carbonyl (C=O) groups excluding carboxylic acids is 1. The van der Waals surface area contributed by atoms with Crippen LogP contribution in [0.3, 0.4) is 0 Å². The molecule has 0 saturated carbocycles. The number of halogens is 1. The summed E-state index contributed by atoms with van der Waals surface area (Å²) in [5.41, 5.74) is 1.37. The van der Waals surface area contributed by atoms with Gasteiger partial charge in [-0.2, -0.15) is 0 Å². The lowest BCUT2D eigenvalue weighted by atomic mass is 10.1. The van der Waals surface area contributed by atoms with Crippen LogP contribution in [0.25, 0.3) is 6.08 Å². The van der Waals surface area contributed by atoms with Gasteiger partial charge in [0.1, 0.15) is 13.2 Å². The summed E-state index contributed by atoms with van der Waals surface area (Å²) in [6.07, 6.45) is 3.22. The molecule has 0 bridgehead atoms. The first-order chi connectivity index (χ1) is 10.2. The number of allylic oxidation sites excluding steroid dienone is 1. The zero-order valence-electron chi connectivity index (χ0n) is 11.2. The van der Waals surface area contributed by atoms with Crippen LogP contribution in [0.2, 0.25) is 5.02 Å². The minimum Gasteiger partial charge on any atom is -0.486 e. The molecule has 0 spiro atoms. The monoisotopic (exact) mass is 300 g/mol. The van der Waals surface area contributed by atoms with Crippen molar-refractivity contribution >= 4 is 23.5 Å². The van der Waals surface area contributed by atoms with Gasteiger partial charge in [-0.3, -0.25) is 4.79 Å². The van der Waals surface area contributed by atoms with E-state index >= 15 is 0 Å². The number of ether oxygens (including phenoxy) is 2. The van der Waals surface area contributed by atoms with Gasteiger partial charge in [-0.15, -0.1) is 0 Å². The van der Waals surface area contributed by atoms with Crippen LogP contribution in [0.15, 0.2) is 48.5 Å². The topological polar surface area (TPSA) is 35.5 Å². The lowest BCUT2D eigenvalue weighted by Gasteiger charge is -2.18. The molecule has 0 atom stereocenters. The normalized spacial score (nSPS) is 13.4. The van der Waals surface area contributed by atoms with Crippen LogP contribution >= 0.6 is 11.6 Å². The number of hydrogen-bond donors (Lipinski definition) is 0. The molecule has 106 valence electrons. The molecule has 0 aliphatic carbocycles. The maximum absolute atomic E-state index is 12.2. The van der Waals surface area contributed by atoms with Gasteiger partial charge in [0.2, 0.25) is 0 Å². The van der Waals surface area contributed by atoms with Gasteiger partial charge in [0, 0.05) is 10.6 Å². The van der Waals surface area contributed by atoms with Crippen molar-refractivity contribution in [2.45, 2.75) is 0 Å². The summed E-state index contributed by atoms with van der Waals surface area (Å²) < 4.78 is 10.9. The highest BCUT2D eigenvalue weighted by Gasteiger charge is 2.13. The SMILES string of the molecule is O=C(C=Cc1ccccc1Cl)c1ccc2c(c1)OCCO2. The second kappa shape index (κ2) is 6.02. The Balaban J connectivity index is 1.81. The lowest BCUT2D eigenvalue weighted by molar-refractivity contribution is 0.104. The van der Waals surface area contributed by atoms with Gasteiger partial charge < -0.3 is 9.47 Å². The number of fused-ring (bicyclic) bond motifs is 1. The molecule has 2 aromatic rings. The van der Waals surface area contributed by atoms with Crippen LogP contribution in [-0.2, 0) is 0 Å². The largest absolute Gasteiger partial charge is 0.486 e. The van der Waals surface area contributed by atoms with E-state index in [1.165, 1.54) is 6.08 Å². The molecule has 1 heterocycles. The van der Waals surface area contributed by atoms with Crippen LogP contribution < -0.4 is 9.47 Å². The number of hydrogen-bond acceptors (Lipinski definition) is 3. The third-order valence-electron chi connectivity index (χ3n) is 3.15. The molecule has 1 aliphatic rings. The molecular formula is C17H13ClO3. The number of carbonyl (C=O) groups is 1. The van der Waals surface area contributed by atoms with E-state index in [0.717, 1.165) is 5.56 Å². The van der Waals surface area contributed by atoms with Crippen LogP contribution in [-0.4, -0.2) is 19.0 Å². The van der Waals surface area contributed by atoms with E-state index in [2.05, 4.69) is 0 Å². The van der Waals surface area contributed by atoms with Crippen LogP contribution in [0.4, 0.5) is 0 Å². The first kappa shape index (κ1) is 13.7. The molecule has 4 heteroatoms. The molecule has 0 saturated heterocycles. The van der Waals surface area contributed by atoms with Gasteiger partial charge >= 0.3 is 0 Å². The van der Waals surface area contributed by atoms with Crippen molar-refractivity contribution in [1.29, 1.82) is 0 Å². The Hall–Kier alpha value is -2.26. The molecule has 3 nitrogen and oxygen atoms in total. The van der Waals surface area contributed by atoms with Crippen molar-refractivity contribution in [2.75, 3.05) is 13.2 Å². The van der Waals surface area contributed by atoms with E-state index in [1.807, 2.05) is 18.2 Å². The smallest absolute Gasteiger partial charge is 0.185 e. The highest BCUT2D eigenvalue weighted by molar-refractivity contribution is 6.32. The van der Waals surface area contributed by atoms with E-state index in [4.69, 9.17) is 21.1 Å². The molecule has 2 aromatic carbocycles. The van der Waals surface area contributed by atoms with Crippen LogP contribution in [0.1, 0.15) is 15.9 Å². The fraction of sp³-hybridized carbons (Fsp3) is 0.118. The molecule has 3 rings (SSSR count). The molecule has 0 fully saturated rings. The van der Waals surface area contributed by atoms with Crippen molar-refractivity contribution in [3.8, 4) is 11.5 Å². The molecule has 0 amide bonds. The highest BCUT2D eigenvalue weighted by atomic mass is 35.5. The number of rotatable bonds is 3. The Morgan fingerprint density at radius 3 is 2.62 bits per heavy atom. The molecule has 0 radical (unpaired) electrons. The molecule has 0 aromatic heterocycles. The molecule has 0 unspecified atom stereocenters. The van der Waals surface area contributed by atoms with Gasteiger partial charge in [-0.25, -0.2) is 0 Å². The van der Waals surface area contributed by atoms with Crippen molar-refractivity contribution in [1.82, 2.24) is 0 Å². The predicted octanol–water partition coefficient (Wildman–Crippen LogP) is 4.01. The fourth-order valence-corrected chi connectivity index (χ4v) is 2.27. The minimum absolute atomic E-state index is 0.105. The number of benzene rings is 2. The second-order valence-electron chi connectivity index (χ2n) is 4.58. The average Bonchev–Trinajstić information content (AvgIpc) is 2.53. The first-order valence-corrected chi connectivity index (χ1v) is 6.98. The van der Waals surface area contributed by atoms with E-state index in [1.54, 1.807) is 30.3 Å². The van der Waals surface area contributed by atoms with Gasteiger partial charge in [0.25, 0.3) is 0 Å². The van der Waals surface area contributed by atoms with E-state index in [0.29, 0.717) is 35.3 Å². The van der Waals surface area contributed by atoms with E-state index < -0.39 is 0 Å². The predicted molar refractivity (Wildman–Crippen MR) is 82.2 cm³/mol. The summed E-state index contributed by atoms with van der Waals surface area (Å²) in [4.78, 5) is 12.2.